The van der Waals surface area contributed by atoms with Gasteiger partial charge in [0.1, 0.15) is 17.3 Å². The number of aryl methyl sites for hydroxylation is 1. The van der Waals surface area contributed by atoms with Crippen molar-refractivity contribution in [2.45, 2.75) is 11.8 Å². The quantitative estimate of drug-likeness (QED) is 0.713. The monoisotopic (exact) mass is 372 g/mol. The van der Waals surface area contributed by atoms with Gasteiger partial charge in [0.25, 0.3) is 0 Å². The van der Waals surface area contributed by atoms with Crippen LogP contribution in [-0.2, 0) is 10.0 Å². The Morgan fingerprint density at radius 3 is 2.38 bits per heavy atom. The molecule has 0 unspecified atom stereocenters. The number of anilines is 1. The molecule has 3 N–H and O–H groups in total. The molecule has 136 valence electrons. The fourth-order valence-electron chi connectivity index (χ4n) is 2.81. The van der Waals surface area contributed by atoms with Gasteiger partial charge >= 0.3 is 0 Å². The van der Waals surface area contributed by atoms with E-state index in [0.717, 1.165) is 17.0 Å². The van der Waals surface area contributed by atoms with Gasteiger partial charge in [-0.05, 0) is 55.5 Å². The largest absolute Gasteiger partial charge is 0.496 e. The molecule has 0 saturated carbocycles. The molecule has 0 amide bonds. The minimum atomic E-state index is -3.93. The highest BCUT2D eigenvalue weighted by atomic mass is 32.2. The van der Waals surface area contributed by atoms with E-state index in [1.165, 1.54) is 13.2 Å². The molecule has 0 radical (unpaired) electrons. The normalized spacial score (nSPS) is 11.4. The minimum absolute atomic E-state index is 0.0241. The fraction of sp³-hybridized carbons (Fsp3) is 0.158. The standard InChI is InChI=1S/C19H20N2O4S/c1-12-4-7-17(25-12)13-5-9-19(26(20,22)23)16(10-13)15-11-14(21-2)6-8-18(15)24-3/h4-11,21H,1-3H3,(H2,20,22,23). The van der Waals surface area contributed by atoms with Crippen LogP contribution in [0.1, 0.15) is 5.76 Å². The molecule has 0 aliphatic rings. The molecule has 7 heteroatoms. The summed E-state index contributed by atoms with van der Waals surface area (Å²) in [6, 6.07) is 14.0. The smallest absolute Gasteiger partial charge is 0.238 e. The van der Waals surface area contributed by atoms with Crippen molar-refractivity contribution >= 4 is 15.7 Å². The first kappa shape index (κ1) is 18.0. The molecule has 0 spiro atoms. The third-order valence-electron chi connectivity index (χ3n) is 4.09. The molecule has 0 aliphatic heterocycles. The zero-order chi connectivity index (χ0) is 18.9. The summed E-state index contributed by atoms with van der Waals surface area (Å²) in [5.74, 6) is 1.96. The van der Waals surface area contributed by atoms with Crippen molar-refractivity contribution in [1.82, 2.24) is 0 Å². The maximum absolute atomic E-state index is 12.1. The zero-order valence-corrected chi connectivity index (χ0v) is 15.6. The van der Waals surface area contributed by atoms with Gasteiger partial charge < -0.3 is 14.5 Å². The molecule has 0 aliphatic carbocycles. The number of hydrogen-bond donors (Lipinski definition) is 2. The van der Waals surface area contributed by atoms with Crippen molar-refractivity contribution in [2.24, 2.45) is 5.14 Å². The van der Waals surface area contributed by atoms with Crippen molar-refractivity contribution in [1.29, 1.82) is 0 Å². The topological polar surface area (TPSA) is 94.6 Å². The molecular formula is C19H20N2O4S. The number of nitrogens with one attached hydrogen (secondary N) is 1. The van der Waals surface area contributed by atoms with E-state index in [1.54, 1.807) is 25.2 Å². The highest BCUT2D eigenvalue weighted by Gasteiger charge is 2.20. The molecule has 1 aromatic heterocycles. The lowest BCUT2D eigenvalue weighted by Crippen LogP contribution is -2.13. The SMILES string of the molecule is CNc1ccc(OC)c(-c2cc(-c3ccc(C)o3)ccc2S(N)(=O)=O)c1. The number of furan rings is 1. The highest BCUT2D eigenvalue weighted by molar-refractivity contribution is 7.89. The first-order chi connectivity index (χ1) is 12.3. The minimum Gasteiger partial charge on any atom is -0.496 e. The number of primary sulfonamides is 1. The number of sulfonamides is 1. The molecule has 3 rings (SSSR count). The fourth-order valence-corrected chi connectivity index (χ4v) is 3.54. The summed E-state index contributed by atoms with van der Waals surface area (Å²) >= 11 is 0. The van der Waals surface area contributed by atoms with Gasteiger partial charge in [0.05, 0.1) is 12.0 Å². The Bertz CT molecular complexity index is 1060. The Hall–Kier alpha value is -2.77. The lowest BCUT2D eigenvalue weighted by molar-refractivity contribution is 0.416. The Morgan fingerprint density at radius 2 is 1.81 bits per heavy atom. The third-order valence-corrected chi connectivity index (χ3v) is 5.06. The Labute approximate surface area is 152 Å². The molecule has 6 nitrogen and oxygen atoms in total. The number of nitrogens with two attached hydrogens (primary N) is 1. The maximum atomic E-state index is 12.1. The van der Waals surface area contributed by atoms with Gasteiger partial charge in [-0.3, -0.25) is 0 Å². The van der Waals surface area contributed by atoms with Crippen LogP contribution in [0.15, 0.2) is 57.8 Å². The van der Waals surface area contributed by atoms with E-state index in [4.69, 9.17) is 14.3 Å². The van der Waals surface area contributed by atoms with Crippen LogP contribution < -0.4 is 15.2 Å². The van der Waals surface area contributed by atoms with E-state index >= 15 is 0 Å². The number of rotatable bonds is 5. The second-order valence-electron chi connectivity index (χ2n) is 5.83. The summed E-state index contributed by atoms with van der Waals surface area (Å²) in [4.78, 5) is 0.0241. The molecule has 0 atom stereocenters. The summed E-state index contributed by atoms with van der Waals surface area (Å²) in [7, 11) is -0.605. The van der Waals surface area contributed by atoms with Crippen molar-refractivity contribution < 1.29 is 17.6 Å². The Kier molecular flexibility index (Phi) is 4.76. The predicted molar refractivity (Wildman–Crippen MR) is 102 cm³/mol. The summed E-state index contributed by atoms with van der Waals surface area (Å²) < 4.78 is 35.4. The van der Waals surface area contributed by atoms with Crippen LogP contribution in [-0.4, -0.2) is 22.6 Å². The second-order valence-corrected chi connectivity index (χ2v) is 7.36. The van der Waals surface area contributed by atoms with E-state index < -0.39 is 10.0 Å². The Morgan fingerprint density at radius 1 is 1.04 bits per heavy atom. The lowest BCUT2D eigenvalue weighted by atomic mass is 10.0. The van der Waals surface area contributed by atoms with E-state index in [-0.39, 0.29) is 4.90 Å². The number of ether oxygens (including phenoxy) is 1. The summed E-state index contributed by atoms with van der Waals surface area (Å²) in [6.45, 7) is 1.85. The summed E-state index contributed by atoms with van der Waals surface area (Å²) in [6.07, 6.45) is 0. The highest BCUT2D eigenvalue weighted by Crippen LogP contribution is 2.38. The van der Waals surface area contributed by atoms with Crippen LogP contribution in [0, 0.1) is 6.92 Å². The van der Waals surface area contributed by atoms with Gasteiger partial charge in [-0.1, -0.05) is 0 Å². The maximum Gasteiger partial charge on any atom is 0.238 e. The second kappa shape index (κ2) is 6.86. The van der Waals surface area contributed by atoms with Crippen LogP contribution in [0.3, 0.4) is 0 Å². The van der Waals surface area contributed by atoms with Gasteiger partial charge in [0.2, 0.25) is 10.0 Å². The van der Waals surface area contributed by atoms with E-state index in [2.05, 4.69) is 5.32 Å². The average Bonchev–Trinajstić information content (AvgIpc) is 3.06. The Balaban J connectivity index is 2.30. The van der Waals surface area contributed by atoms with Crippen LogP contribution in [0.4, 0.5) is 5.69 Å². The molecule has 0 saturated heterocycles. The molecule has 26 heavy (non-hydrogen) atoms. The van der Waals surface area contributed by atoms with Crippen LogP contribution in [0.25, 0.3) is 22.5 Å². The van der Waals surface area contributed by atoms with Gasteiger partial charge in [0, 0.05) is 29.4 Å². The molecule has 1 heterocycles. The lowest BCUT2D eigenvalue weighted by Gasteiger charge is -2.15. The molecule has 3 aromatic rings. The van der Waals surface area contributed by atoms with E-state index in [9.17, 15) is 8.42 Å². The zero-order valence-electron chi connectivity index (χ0n) is 14.7. The van der Waals surface area contributed by atoms with Gasteiger partial charge in [-0.25, -0.2) is 13.6 Å². The van der Waals surface area contributed by atoms with Crippen molar-refractivity contribution in [2.75, 3.05) is 19.5 Å². The first-order valence-corrected chi connectivity index (χ1v) is 9.48. The van der Waals surface area contributed by atoms with Crippen LogP contribution in [0.2, 0.25) is 0 Å². The van der Waals surface area contributed by atoms with Gasteiger partial charge in [-0.2, -0.15) is 0 Å². The van der Waals surface area contributed by atoms with Crippen LogP contribution in [0.5, 0.6) is 5.75 Å². The predicted octanol–water partition coefficient (Wildman–Crippen LogP) is 3.62. The van der Waals surface area contributed by atoms with Crippen LogP contribution >= 0.6 is 0 Å². The molecule has 0 bridgehead atoms. The van der Waals surface area contributed by atoms with E-state index in [1.807, 2.05) is 31.2 Å². The summed E-state index contributed by atoms with van der Waals surface area (Å²) in [5.41, 5.74) is 2.64. The van der Waals surface area contributed by atoms with Gasteiger partial charge in [0.15, 0.2) is 0 Å². The summed E-state index contributed by atoms with van der Waals surface area (Å²) in [5, 5.41) is 8.48. The third kappa shape index (κ3) is 3.44. The van der Waals surface area contributed by atoms with Crippen molar-refractivity contribution in [3.05, 3.63) is 54.3 Å². The average molecular weight is 372 g/mol. The van der Waals surface area contributed by atoms with Crippen molar-refractivity contribution in [3.8, 4) is 28.2 Å². The molecule has 0 fully saturated rings. The first-order valence-electron chi connectivity index (χ1n) is 7.93. The van der Waals surface area contributed by atoms with Crippen molar-refractivity contribution in [3.63, 3.8) is 0 Å². The molecular weight excluding hydrogens is 352 g/mol. The number of methoxy groups -OCH3 is 1. The molecule has 2 aromatic carbocycles. The number of benzene rings is 2. The van der Waals surface area contributed by atoms with E-state index in [0.29, 0.717) is 22.6 Å². The number of hydrogen-bond acceptors (Lipinski definition) is 5. The van der Waals surface area contributed by atoms with Gasteiger partial charge in [-0.15, -0.1) is 0 Å².